The number of nitrogens with zero attached hydrogens (tertiary/aromatic N) is 1. The van der Waals surface area contributed by atoms with Crippen molar-refractivity contribution in [3.05, 3.63) is 78.1 Å². The first-order valence-corrected chi connectivity index (χ1v) is 7.48. The predicted molar refractivity (Wildman–Crippen MR) is 91.8 cm³/mol. The fourth-order valence-electron chi connectivity index (χ4n) is 3.03. The van der Waals surface area contributed by atoms with Crippen LogP contribution in [0.5, 0.6) is 11.5 Å². The number of pyridine rings is 1. The molecule has 3 nitrogen and oxygen atoms in total. The van der Waals surface area contributed by atoms with E-state index in [9.17, 15) is 10.2 Å². The van der Waals surface area contributed by atoms with Gasteiger partial charge in [-0.15, -0.1) is 0 Å². The molecule has 2 N–H and O–H groups in total. The molecule has 0 saturated carbocycles. The lowest BCUT2D eigenvalue weighted by molar-refractivity contribution is 0.405. The van der Waals surface area contributed by atoms with E-state index in [1.165, 1.54) is 16.3 Å². The first kappa shape index (κ1) is 13.6. The number of rotatable bonds is 2. The number of phenols is 2. The van der Waals surface area contributed by atoms with Crippen molar-refractivity contribution in [2.24, 2.45) is 0 Å². The van der Waals surface area contributed by atoms with Crippen molar-refractivity contribution in [1.29, 1.82) is 0 Å². The van der Waals surface area contributed by atoms with Crippen LogP contribution in [0.2, 0.25) is 0 Å². The lowest BCUT2D eigenvalue weighted by Gasteiger charge is -2.09. The van der Waals surface area contributed by atoms with Gasteiger partial charge in [-0.05, 0) is 39.9 Å². The highest BCUT2D eigenvalue weighted by Gasteiger charge is 2.09. The van der Waals surface area contributed by atoms with E-state index in [0.29, 0.717) is 6.42 Å². The molecule has 0 aliphatic rings. The molecule has 112 valence electrons. The number of hydrogen-bond acceptors (Lipinski definition) is 3. The van der Waals surface area contributed by atoms with E-state index in [1.807, 2.05) is 24.3 Å². The SMILES string of the molecule is Oc1cc2ccnc(Cc3cccc4ccccc34)c2cc1O. The van der Waals surface area contributed by atoms with Crippen LogP contribution >= 0.6 is 0 Å². The molecule has 0 bridgehead atoms. The van der Waals surface area contributed by atoms with E-state index in [2.05, 4.69) is 29.2 Å². The highest BCUT2D eigenvalue weighted by Crippen LogP contribution is 2.32. The third-order valence-electron chi connectivity index (χ3n) is 4.18. The molecule has 1 heterocycles. The molecule has 23 heavy (non-hydrogen) atoms. The lowest BCUT2D eigenvalue weighted by atomic mass is 9.98. The molecule has 0 atom stereocenters. The molecule has 0 fully saturated rings. The first-order valence-electron chi connectivity index (χ1n) is 7.48. The predicted octanol–water partition coefficient (Wildman–Crippen LogP) is 4.39. The Kier molecular flexibility index (Phi) is 3.12. The first-order chi connectivity index (χ1) is 11.2. The van der Waals surface area contributed by atoms with Gasteiger partial charge in [-0.1, -0.05) is 42.5 Å². The van der Waals surface area contributed by atoms with E-state index in [0.717, 1.165) is 16.5 Å². The van der Waals surface area contributed by atoms with Gasteiger partial charge in [-0.2, -0.15) is 0 Å². The molecule has 0 unspecified atom stereocenters. The average Bonchev–Trinajstić information content (AvgIpc) is 2.57. The normalized spacial score (nSPS) is 11.1. The second-order valence-electron chi connectivity index (χ2n) is 5.63. The van der Waals surface area contributed by atoms with E-state index in [4.69, 9.17) is 0 Å². The number of fused-ring (bicyclic) bond motifs is 2. The quantitative estimate of drug-likeness (QED) is 0.540. The van der Waals surface area contributed by atoms with Gasteiger partial charge < -0.3 is 10.2 Å². The lowest BCUT2D eigenvalue weighted by Crippen LogP contribution is -1.95. The minimum Gasteiger partial charge on any atom is -0.504 e. The Morgan fingerprint density at radius 3 is 2.43 bits per heavy atom. The molecule has 4 aromatic rings. The van der Waals surface area contributed by atoms with Crippen molar-refractivity contribution < 1.29 is 10.2 Å². The topological polar surface area (TPSA) is 53.4 Å². The highest BCUT2D eigenvalue weighted by atomic mass is 16.3. The summed E-state index contributed by atoms with van der Waals surface area (Å²) in [6, 6.07) is 19.5. The van der Waals surface area contributed by atoms with E-state index in [1.54, 1.807) is 18.3 Å². The molecule has 0 aliphatic carbocycles. The summed E-state index contributed by atoms with van der Waals surface area (Å²) in [5.41, 5.74) is 2.07. The molecule has 0 spiro atoms. The zero-order chi connectivity index (χ0) is 15.8. The summed E-state index contributed by atoms with van der Waals surface area (Å²) in [7, 11) is 0. The van der Waals surface area contributed by atoms with Crippen molar-refractivity contribution in [2.45, 2.75) is 6.42 Å². The molecule has 1 aromatic heterocycles. The minimum absolute atomic E-state index is 0.111. The van der Waals surface area contributed by atoms with E-state index in [-0.39, 0.29) is 11.5 Å². The molecule has 0 saturated heterocycles. The molecule has 0 aliphatic heterocycles. The number of benzene rings is 3. The maximum Gasteiger partial charge on any atom is 0.158 e. The van der Waals surface area contributed by atoms with Crippen LogP contribution in [0.1, 0.15) is 11.3 Å². The van der Waals surface area contributed by atoms with Crippen molar-refractivity contribution in [3.63, 3.8) is 0 Å². The number of aromatic hydroxyl groups is 2. The maximum atomic E-state index is 9.80. The highest BCUT2D eigenvalue weighted by molar-refractivity contribution is 5.89. The van der Waals surface area contributed by atoms with Crippen molar-refractivity contribution in [3.8, 4) is 11.5 Å². The molecule has 0 radical (unpaired) electrons. The summed E-state index contributed by atoms with van der Waals surface area (Å²) in [4.78, 5) is 4.49. The van der Waals surface area contributed by atoms with Gasteiger partial charge in [0.05, 0.1) is 5.69 Å². The maximum absolute atomic E-state index is 9.80. The second-order valence-corrected chi connectivity index (χ2v) is 5.63. The third kappa shape index (κ3) is 2.36. The van der Waals surface area contributed by atoms with Gasteiger partial charge in [0.25, 0.3) is 0 Å². The molecular formula is C20H15NO2. The summed E-state index contributed by atoms with van der Waals surface area (Å²) < 4.78 is 0. The standard InChI is InChI=1S/C20H15NO2/c22-19-11-15-8-9-21-18(17(15)12-20(19)23)10-14-6-3-5-13-4-1-2-7-16(13)14/h1-9,11-12,22-23H,10H2. The fourth-order valence-corrected chi connectivity index (χ4v) is 3.03. The van der Waals surface area contributed by atoms with Crippen LogP contribution in [0, 0.1) is 0 Å². The van der Waals surface area contributed by atoms with E-state index < -0.39 is 0 Å². The summed E-state index contributed by atoms with van der Waals surface area (Å²) in [5, 5.41) is 23.6. The Morgan fingerprint density at radius 1 is 0.739 bits per heavy atom. The van der Waals surface area contributed by atoms with Crippen LogP contribution in [-0.2, 0) is 6.42 Å². The molecule has 3 heteroatoms. The summed E-state index contributed by atoms with van der Waals surface area (Å²) in [5.74, 6) is -0.232. The summed E-state index contributed by atoms with van der Waals surface area (Å²) in [6.07, 6.45) is 2.40. The van der Waals surface area contributed by atoms with Gasteiger partial charge in [0, 0.05) is 18.0 Å². The van der Waals surface area contributed by atoms with Gasteiger partial charge in [0.15, 0.2) is 11.5 Å². The van der Waals surface area contributed by atoms with Crippen molar-refractivity contribution >= 4 is 21.5 Å². The van der Waals surface area contributed by atoms with Gasteiger partial charge in [0.2, 0.25) is 0 Å². The van der Waals surface area contributed by atoms with Crippen LogP contribution in [0.4, 0.5) is 0 Å². The molecule has 3 aromatic carbocycles. The van der Waals surface area contributed by atoms with Gasteiger partial charge >= 0.3 is 0 Å². The summed E-state index contributed by atoms with van der Waals surface area (Å²) >= 11 is 0. The van der Waals surface area contributed by atoms with Crippen LogP contribution < -0.4 is 0 Å². The average molecular weight is 301 g/mol. The Bertz CT molecular complexity index is 1020. The number of phenolic OH excluding ortho intramolecular Hbond substituents is 2. The number of aromatic nitrogens is 1. The smallest absolute Gasteiger partial charge is 0.158 e. The van der Waals surface area contributed by atoms with Crippen molar-refractivity contribution in [1.82, 2.24) is 4.98 Å². The molecule has 0 amide bonds. The Labute approximate surface area is 133 Å². The summed E-state index contributed by atoms with van der Waals surface area (Å²) in [6.45, 7) is 0. The largest absolute Gasteiger partial charge is 0.504 e. The Hall–Kier alpha value is -3.07. The molecule has 4 rings (SSSR count). The van der Waals surface area contributed by atoms with Gasteiger partial charge in [-0.3, -0.25) is 4.98 Å². The fraction of sp³-hybridized carbons (Fsp3) is 0.0500. The van der Waals surface area contributed by atoms with E-state index >= 15 is 0 Å². The molecular weight excluding hydrogens is 286 g/mol. The van der Waals surface area contributed by atoms with Crippen LogP contribution in [0.15, 0.2) is 66.9 Å². The van der Waals surface area contributed by atoms with Gasteiger partial charge in [0.1, 0.15) is 0 Å². The third-order valence-corrected chi connectivity index (χ3v) is 4.18. The zero-order valence-electron chi connectivity index (χ0n) is 12.4. The second kappa shape index (κ2) is 5.29. The van der Waals surface area contributed by atoms with Crippen molar-refractivity contribution in [2.75, 3.05) is 0 Å². The monoisotopic (exact) mass is 301 g/mol. The Morgan fingerprint density at radius 2 is 1.52 bits per heavy atom. The van der Waals surface area contributed by atoms with Crippen LogP contribution in [0.25, 0.3) is 21.5 Å². The van der Waals surface area contributed by atoms with Crippen LogP contribution in [-0.4, -0.2) is 15.2 Å². The number of hydrogen-bond donors (Lipinski definition) is 2. The minimum atomic E-state index is -0.121. The Balaban J connectivity index is 1.88. The van der Waals surface area contributed by atoms with Crippen LogP contribution in [0.3, 0.4) is 0 Å². The van der Waals surface area contributed by atoms with Gasteiger partial charge in [-0.25, -0.2) is 0 Å². The zero-order valence-corrected chi connectivity index (χ0v) is 12.4.